The summed E-state index contributed by atoms with van der Waals surface area (Å²) < 4.78 is 34.3. The molecule has 0 aromatic heterocycles. The van der Waals surface area contributed by atoms with Crippen LogP contribution in [0.5, 0.6) is 5.75 Å². The lowest BCUT2D eigenvalue weighted by molar-refractivity contribution is -0.122. The van der Waals surface area contributed by atoms with Crippen LogP contribution in [0.15, 0.2) is 24.3 Å². The van der Waals surface area contributed by atoms with Crippen LogP contribution in [-0.2, 0) is 9.53 Å². The van der Waals surface area contributed by atoms with E-state index in [2.05, 4.69) is 10.1 Å². The molecule has 22 heavy (non-hydrogen) atoms. The summed E-state index contributed by atoms with van der Waals surface area (Å²) >= 11 is 0. The van der Waals surface area contributed by atoms with E-state index in [9.17, 15) is 13.6 Å². The Bertz CT molecular complexity index is 499. The lowest BCUT2D eigenvalue weighted by Crippen LogP contribution is -2.37. The van der Waals surface area contributed by atoms with Crippen LogP contribution in [0.1, 0.15) is 12.8 Å². The van der Waals surface area contributed by atoms with E-state index in [-0.39, 0.29) is 17.7 Å². The summed E-state index contributed by atoms with van der Waals surface area (Å²) in [4.78, 5) is 13.6. The van der Waals surface area contributed by atoms with E-state index in [4.69, 9.17) is 4.74 Å². The smallest absolute Gasteiger partial charge is 0.387 e. The highest BCUT2D eigenvalue weighted by Gasteiger charge is 2.26. The average Bonchev–Trinajstić information content (AvgIpc) is 2.93. The molecule has 0 spiro atoms. The topological polar surface area (TPSA) is 50.8 Å². The molecule has 1 atom stereocenters. The molecule has 1 unspecified atom stereocenters. The highest BCUT2D eigenvalue weighted by atomic mass is 19.3. The van der Waals surface area contributed by atoms with E-state index in [1.54, 1.807) is 25.3 Å². The van der Waals surface area contributed by atoms with Gasteiger partial charge < -0.3 is 19.7 Å². The number of methoxy groups -OCH3 is 1. The van der Waals surface area contributed by atoms with Crippen molar-refractivity contribution in [2.24, 2.45) is 0 Å². The molecule has 1 aliphatic heterocycles. The summed E-state index contributed by atoms with van der Waals surface area (Å²) in [5.74, 6) is 0.0923. The number of nitrogens with one attached hydrogen (secondary N) is 1. The van der Waals surface area contributed by atoms with Gasteiger partial charge in [0.15, 0.2) is 0 Å². The Labute approximate surface area is 128 Å². The number of ether oxygens (including phenoxy) is 2. The van der Waals surface area contributed by atoms with Gasteiger partial charge in [-0.3, -0.25) is 4.79 Å². The van der Waals surface area contributed by atoms with Gasteiger partial charge in [-0.25, -0.2) is 0 Å². The predicted molar refractivity (Wildman–Crippen MR) is 78.3 cm³/mol. The fraction of sp³-hybridized carbons (Fsp3) is 0.533. The second-order valence-electron chi connectivity index (χ2n) is 5.09. The van der Waals surface area contributed by atoms with Crippen molar-refractivity contribution < 1.29 is 23.0 Å². The standard InChI is InChI=1S/C15H20F2N2O3/c1-21-9-7-14(20)18-11-6-8-19(10-11)12-4-2-3-5-13(12)22-15(16)17/h2-5,11,15H,6-10H2,1H3,(H,18,20). The van der Waals surface area contributed by atoms with Gasteiger partial charge in [-0.15, -0.1) is 0 Å². The zero-order valence-corrected chi connectivity index (χ0v) is 12.4. The van der Waals surface area contributed by atoms with Gasteiger partial charge in [-0.1, -0.05) is 12.1 Å². The van der Waals surface area contributed by atoms with Crippen molar-refractivity contribution in [1.82, 2.24) is 5.32 Å². The number of hydrogen-bond acceptors (Lipinski definition) is 4. The lowest BCUT2D eigenvalue weighted by atomic mass is 10.2. The van der Waals surface area contributed by atoms with Crippen molar-refractivity contribution in [3.63, 3.8) is 0 Å². The van der Waals surface area contributed by atoms with Gasteiger partial charge in [-0.2, -0.15) is 8.78 Å². The maximum Gasteiger partial charge on any atom is 0.387 e. The van der Waals surface area contributed by atoms with Crippen molar-refractivity contribution >= 4 is 11.6 Å². The molecule has 1 saturated heterocycles. The third-order valence-corrected chi connectivity index (χ3v) is 3.51. The molecule has 7 heteroatoms. The van der Waals surface area contributed by atoms with Gasteiger partial charge in [0.05, 0.1) is 12.3 Å². The fourth-order valence-electron chi connectivity index (χ4n) is 2.51. The summed E-state index contributed by atoms with van der Waals surface area (Å²) in [6.07, 6.45) is 1.08. The zero-order chi connectivity index (χ0) is 15.9. The Balaban J connectivity index is 1.94. The number of nitrogens with zero attached hydrogens (tertiary/aromatic N) is 1. The van der Waals surface area contributed by atoms with Crippen molar-refractivity contribution in [2.45, 2.75) is 25.5 Å². The minimum absolute atomic E-state index is 0.00367. The molecule has 1 amide bonds. The number of amides is 1. The number of rotatable bonds is 7. The molecule has 1 aliphatic rings. The molecular weight excluding hydrogens is 294 g/mol. The number of hydrogen-bond donors (Lipinski definition) is 1. The molecule has 0 saturated carbocycles. The van der Waals surface area contributed by atoms with E-state index >= 15 is 0 Å². The minimum Gasteiger partial charge on any atom is -0.433 e. The van der Waals surface area contributed by atoms with E-state index in [0.717, 1.165) is 6.42 Å². The van der Waals surface area contributed by atoms with Gasteiger partial charge in [0.1, 0.15) is 5.75 Å². The average molecular weight is 314 g/mol. The van der Waals surface area contributed by atoms with Crippen LogP contribution in [0.3, 0.4) is 0 Å². The van der Waals surface area contributed by atoms with Crippen LogP contribution in [0.2, 0.25) is 0 Å². The molecule has 0 radical (unpaired) electrons. The first-order valence-corrected chi connectivity index (χ1v) is 7.17. The molecule has 122 valence electrons. The maximum absolute atomic E-state index is 12.4. The van der Waals surface area contributed by atoms with Crippen LogP contribution in [0, 0.1) is 0 Å². The van der Waals surface area contributed by atoms with E-state index < -0.39 is 6.61 Å². The molecule has 1 heterocycles. The highest BCUT2D eigenvalue weighted by Crippen LogP contribution is 2.31. The van der Waals surface area contributed by atoms with Gasteiger partial charge in [0, 0.05) is 32.7 Å². The normalized spacial score (nSPS) is 17.8. The Morgan fingerprint density at radius 1 is 1.45 bits per heavy atom. The minimum atomic E-state index is -2.85. The summed E-state index contributed by atoms with van der Waals surface area (Å²) in [7, 11) is 1.55. The number of alkyl halides is 2. The van der Waals surface area contributed by atoms with Gasteiger partial charge in [0.2, 0.25) is 5.91 Å². The predicted octanol–water partition coefficient (Wildman–Crippen LogP) is 2.02. The zero-order valence-electron chi connectivity index (χ0n) is 12.4. The molecule has 1 N–H and O–H groups in total. The highest BCUT2D eigenvalue weighted by molar-refractivity contribution is 5.76. The number of carbonyl (C=O) groups is 1. The summed E-state index contributed by atoms with van der Waals surface area (Å²) in [6, 6.07) is 6.70. The first-order chi connectivity index (χ1) is 10.6. The van der Waals surface area contributed by atoms with Crippen molar-refractivity contribution in [1.29, 1.82) is 0 Å². The molecule has 2 rings (SSSR count). The van der Waals surface area contributed by atoms with Gasteiger partial charge >= 0.3 is 6.61 Å². The van der Waals surface area contributed by atoms with Gasteiger partial charge in [0.25, 0.3) is 0 Å². The first kappa shape index (κ1) is 16.5. The SMILES string of the molecule is COCCC(=O)NC1CCN(c2ccccc2OC(F)F)C1. The molecule has 5 nitrogen and oxygen atoms in total. The largest absolute Gasteiger partial charge is 0.433 e. The molecule has 0 bridgehead atoms. The van der Waals surface area contributed by atoms with E-state index in [1.165, 1.54) is 6.07 Å². The molecular formula is C15H20F2N2O3. The lowest BCUT2D eigenvalue weighted by Gasteiger charge is -2.22. The number of para-hydroxylation sites is 2. The molecule has 1 fully saturated rings. The number of halogens is 2. The third kappa shape index (κ3) is 4.56. The summed E-state index contributed by atoms with van der Waals surface area (Å²) in [5.41, 5.74) is 0.622. The monoisotopic (exact) mass is 314 g/mol. The Morgan fingerprint density at radius 3 is 2.95 bits per heavy atom. The summed E-state index contributed by atoms with van der Waals surface area (Å²) in [5, 5.41) is 2.92. The Kier molecular flexibility index (Phi) is 5.94. The maximum atomic E-state index is 12.4. The van der Waals surface area contributed by atoms with Crippen molar-refractivity contribution in [3.05, 3.63) is 24.3 Å². The van der Waals surface area contributed by atoms with E-state index in [0.29, 0.717) is 31.8 Å². The number of benzene rings is 1. The third-order valence-electron chi connectivity index (χ3n) is 3.51. The quantitative estimate of drug-likeness (QED) is 0.836. The van der Waals surface area contributed by atoms with Gasteiger partial charge in [-0.05, 0) is 18.6 Å². The second-order valence-corrected chi connectivity index (χ2v) is 5.09. The van der Waals surface area contributed by atoms with Crippen LogP contribution < -0.4 is 15.0 Å². The van der Waals surface area contributed by atoms with Crippen LogP contribution >= 0.6 is 0 Å². The molecule has 1 aromatic rings. The Hall–Kier alpha value is -1.89. The van der Waals surface area contributed by atoms with Crippen molar-refractivity contribution in [3.8, 4) is 5.75 Å². The fourth-order valence-corrected chi connectivity index (χ4v) is 2.51. The van der Waals surface area contributed by atoms with Crippen molar-refractivity contribution in [2.75, 3.05) is 31.7 Å². The molecule has 1 aromatic carbocycles. The number of carbonyl (C=O) groups excluding carboxylic acids is 1. The van der Waals surface area contributed by atoms with Crippen LogP contribution in [0.4, 0.5) is 14.5 Å². The van der Waals surface area contributed by atoms with Crippen LogP contribution in [0.25, 0.3) is 0 Å². The second kappa shape index (κ2) is 7.93. The molecule has 0 aliphatic carbocycles. The first-order valence-electron chi connectivity index (χ1n) is 7.17. The Morgan fingerprint density at radius 2 is 2.23 bits per heavy atom. The summed E-state index contributed by atoms with van der Waals surface area (Å²) in [6.45, 7) is -1.22. The number of anilines is 1. The van der Waals surface area contributed by atoms with E-state index in [1.807, 2.05) is 4.90 Å². The van der Waals surface area contributed by atoms with Crippen LogP contribution in [-0.4, -0.2) is 45.4 Å².